The molecule has 120 valence electrons. The van der Waals surface area contributed by atoms with Crippen LogP contribution in [0.4, 0.5) is 0 Å². The van der Waals surface area contributed by atoms with Crippen molar-refractivity contribution in [2.45, 2.75) is 24.3 Å². The molecule has 23 heavy (non-hydrogen) atoms. The first kappa shape index (κ1) is 16.7. The van der Waals surface area contributed by atoms with E-state index in [9.17, 15) is 9.90 Å². The number of halogens is 1. The Morgan fingerprint density at radius 3 is 2.57 bits per heavy atom. The molecular formula is C18H18BrNO2S. The van der Waals surface area contributed by atoms with Crippen LogP contribution in [0.3, 0.4) is 0 Å². The highest BCUT2D eigenvalue weighted by Gasteiger charge is 2.36. The third-order valence-electron chi connectivity index (χ3n) is 3.90. The highest BCUT2D eigenvalue weighted by Crippen LogP contribution is 2.30. The summed E-state index contributed by atoms with van der Waals surface area (Å²) in [5, 5.41) is 9.99. The number of aliphatic hydroxyl groups is 1. The van der Waals surface area contributed by atoms with Gasteiger partial charge in [0.1, 0.15) is 0 Å². The average molecular weight is 392 g/mol. The smallest absolute Gasteiger partial charge is 0.180 e. The van der Waals surface area contributed by atoms with Gasteiger partial charge in [-0.2, -0.15) is 0 Å². The van der Waals surface area contributed by atoms with E-state index in [4.69, 9.17) is 0 Å². The standard InChI is InChI=1S/C18H18BrNO2S/c19-15-8-6-14(7-9-15)18(22)17-10-16(21)11-20(17)23-12-13-4-2-1-3-5-13/h1-9,16-17,21H,10-12H2/t16-,17-/m0/s1. The predicted octanol–water partition coefficient (Wildman–Crippen LogP) is 3.92. The van der Waals surface area contributed by atoms with Gasteiger partial charge in [0.25, 0.3) is 0 Å². The lowest BCUT2D eigenvalue weighted by Crippen LogP contribution is -2.31. The first-order valence-corrected chi connectivity index (χ1v) is 9.28. The third kappa shape index (κ3) is 4.23. The second kappa shape index (κ2) is 7.62. The molecule has 0 saturated carbocycles. The van der Waals surface area contributed by atoms with Crippen molar-refractivity contribution in [3.8, 4) is 0 Å². The van der Waals surface area contributed by atoms with Gasteiger partial charge in [0.15, 0.2) is 5.78 Å². The van der Waals surface area contributed by atoms with Crippen molar-refractivity contribution in [2.75, 3.05) is 6.54 Å². The summed E-state index contributed by atoms with van der Waals surface area (Å²) in [7, 11) is 0. The number of nitrogens with zero attached hydrogens (tertiary/aromatic N) is 1. The van der Waals surface area contributed by atoms with Crippen molar-refractivity contribution in [1.82, 2.24) is 4.31 Å². The van der Waals surface area contributed by atoms with Crippen LogP contribution in [0.15, 0.2) is 59.1 Å². The molecule has 0 aliphatic carbocycles. The Morgan fingerprint density at radius 2 is 1.87 bits per heavy atom. The van der Waals surface area contributed by atoms with Crippen molar-refractivity contribution in [1.29, 1.82) is 0 Å². The highest BCUT2D eigenvalue weighted by atomic mass is 79.9. The van der Waals surface area contributed by atoms with Gasteiger partial charge in [0, 0.05) is 22.3 Å². The first-order valence-electron chi connectivity index (χ1n) is 7.55. The molecule has 5 heteroatoms. The van der Waals surface area contributed by atoms with Crippen molar-refractivity contribution < 1.29 is 9.90 Å². The minimum atomic E-state index is -0.442. The maximum Gasteiger partial charge on any atom is 0.180 e. The average Bonchev–Trinajstić information content (AvgIpc) is 2.95. The van der Waals surface area contributed by atoms with Gasteiger partial charge in [-0.25, -0.2) is 4.31 Å². The maximum absolute atomic E-state index is 12.7. The summed E-state index contributed by atoms with van der Waals surface area (Å²) >= 11 is 5.00. The monoisotopic (exact) mass is 391 g/mol. The number of hydrogen-bond donors (Lipinski definition) is 1. The summed E-state index contributed by atoms with van der Waals surface area (Å²) in [6.07, 6.45) is 0.0547. The van der Waals surface area contributed by atoms with Crippen molar-refractivity contribution in [3.05, 3.63) is 70.2 Å². The quantitative estimate of drug-likeness (QED) is 0.619. The topological polar surface area (TPSA) is 40.5 Å². The van der Waals surface area contributed by atoms with Crippen LogP contribution in [-0.2, 0) is 5.75 Å². The molecule has 2 aromatic rings. The van der Waals surface area contributed by atoms with Gasteiger partial charge in [0.2, 0.25) is 0 Å². The number of carbonyl (C=O) groups excluding carboxylic acids is 1. The number of Topliss-reactive ketones (excluding diaryl/α,β-unsaturated/α-hetero) is 1. The molecule has 1 aliphatic rings. The molecule has 3 nitrogen and oxygen atoms in total. The van der Waals surface area contributed by atoms with Crippen LogP contribution in [0.5, 0.6) is 0 Å². The number of aliphatic hydroxyl groups excluding tert-OH is 1. The van der Waals surface area contributed by atoms with Crippen LogP contribution in [0.1, 0.15) is 22.3 Å². The number of carbonyl (C=O) groups is 1. The Labute approximate surface area is 149 Å². The molecule has 0 unspecified atom stereocenters. The lowest BCUT2D eigenvalue weighted by Gasteiger charge is -2.22. The molecule has 1 heterocycles. The van der Waals surface area contributed by atoms with E-state index in [1.165, 1.54) is 5.56 Å². The van der Waals surface area contributed by atoms with E-state index in [1.807, 2.05) is 46.8 Å². The Bertz CT molecular complexity index is 662. The summed E-state index contributed by atoms with van der Waals surface area (Å²) in [5.41, 5.74) is 1.91. The zero-order valence-corrected chi connectivity index (χ0v) is 15.0. The van der Waals surface area contributed by atoms with E-state index < -0.39 is 6.10 Å². The van der Waals surface area contributed by atoms with Gasteiger partial charge < -0.3 is 5.11 Å². The largest absolute Gasteiger partial charge is 0.392 e. The van der Waals surface area contributed by atoms with Gasteiger partial charge >= 0.3 is 0 Å². The van der Waals surface area contributed by atoms with Gasteiger partial charge in [0.05, 0.1) is 12.1 Å². The predicted molar refractivity (Wildman–Crippen MR) is 97.3 cm³/mol. The number of benzene rings is 2. The number of β-amino-alcohol motifs (C(OH)–C–C–N with tert-alkyl or cyclic N) is 1. The van der Waals surface area contributed by atoms with Crippen LogP contribution in [0.2, 0.25) is 0 Å². The molecule has 2 atom stereocenters. The lowest BCUT2D eigenvalue weighted by atomic mass is 10.0. The Kier molecular flexibility index (Phi) is 5.54. The molecule has 0 bridgehead atoms. The van der Waals surface area contributed by atoms with Crippen LogP contribution in [0.25, 0.3) is 0 Å². The van der Waals surface area contributed by atoms with E-state index in [0.717, 1.165) is 10.2 Å². The van der Waals surface area contributed by atoms with E-state index in [-0.39, 0.29) is 11.8 Å². The van der Waals surface area contributed by atoms with E-state index >= 15 is 0 Å². The minimum Gasteiger partial charge on any atom is -0.392 e. The van der Waals surface area contributed by atoms with E-state index in [2.05, 4.69) is 28.1 Å². The second-order valence-corrected chi connectivity index (χ2v) is 7.57. The zero-order chi connectivity index (χ0) is 16.2. The fourth-order valence-corrected chi connectivity index (χ4v) is 4.11. The zero-order valence-electron chi connectivity index (χ0n) is 12.6. The lowest BCUT2D eigenvalue weighted by molar-refractivity contribution is 0.0919. The minimum absolute atomic E-state index is 0.0783. The second-order valence-electron chi connectivity index (χ2n) is 5.64. The molecule has 2 aromatic carbocycles. The van der Waals surface area contributed by atoms with Gasteiger partial charge in [-0.1, -0.05) is 70.3 Å². The third-order valence-corrected chi connectivity index (χ3v) is 5.63. The van der Waals surface area contributed by atoms with E-state index in [0.29, 0.717) is 18.5 Å². The van der Waals surface area contributed by atoms with Crippen molar-refractivity contribution in [3.63, 3.8) is 0 Å². The van der Waals surface area contributed by atoms with E-state index in [1.54, 1.807) is 11.9 Å². The van der Waals surface area contributed by atoms with Crippen LogP contribution < -0.4 is 0 Å². The summed E-state index contributed by atoms with van der Waals surface area (Å²) in [6, 6.07) is 17.3. The molecule has 1 N–H and O–H groups in total. The molecule has 1 aliphatic heterocycles. The van der Waals surface area contributed by atoms with Gasteiger partial charge in [-0.05, 0) is 24.1 Å². The molecular weight excluding hydrogens is 374 g/mol. The molecule has 1 fully saturated rings. The molecule has 0 radical (unpaired) electrons. The normalized spacial score (nSPS) is 21.5. The Morgan fingerprint density at radius 1 is 1.17 bits per heavy atom. The number of rotatable bonds is 5. The molecule has 0 amide bonds. The first-order chi connectivity index (χ1) is 11.1. The summed E-state index contributed by atoms with van der Waals surface area (Å²) in [4.78, 5) is 12.7. The number of hydrogen-bond acceptors (Lipinski definition) is 4. The summed E-state index contributed by atoms with van der Waals surface area (Å²) in [6.45, 7) is 0.532. The Hall–Kier alpha value is -1.14. The summed E-state index contributed by atoms with van der Waals surface area (Å²) in [5.74, 6) is 0.882. The summed E-state index contributed by atoms with van der Waals surface area (Å²) < 4.78 is 2.98. The molecule has 0 aromatic heterocycles. The molecule has 0 spiro atoms. The SMILES string of the molecule is O=C(c1ccc(Br)cc1)[C@@H]1C[C@H](O)CN1SCc1ccccc1. The molecule has 1 saturated heterocycles. The highest BCUT2D eigenvalue weighted by molar-refractivity contribution is 9.10. The van der Waals surface area contributed by atoms with Gasteiger partial charge in [-0.3, -0.25) is 4.79 Å². The van der Waals surface area contributed by atoms with Crippen molar-refractivity contribution in [2.24, 2.45) is 0 Å². The fraction of sp³-hybridized carbons (Fsp3) is 0.278. The van der Waals surface area contributed by atoms with Crippen molar-refractivity contribution >= 4 is 33.7 Å². The van der Waals surface area contributed by atoms with Crippen LogP contribution in [-0.4, -0.2) is 33.9 Å². The van der Waals surface area contributed by atoms with Crippen LogP contribution >= 0.6 is 27.9 Å². The Balaban J connectivity index is 1.69. The number of ketones is 1. The van der Waals surface area contributed by atoms with Gasteiger partial charge in [-0.15, -0.1) is 0 Å². The fourth-order valence-electron chi connectivity index (χ4n) is 2.70. The van der Waals surface area contributed by atoms with Crippen LogP contribution in [0, 0.1) is 0 Å². The molecule has 3 rings (SSSR count). The maximum atomic E-state index is 12.7.